The van der Waals surface area contributed by atoms with Gasteiger partial charge in [-0.25, -0.2) is 4.98 Å². The maximum Gasteiger partial charge on any atom is 0.247 e. The van der Waals surface area contributed by atoms with E-state index < -0.39 is 5.54 Å². The van der Waals surface area contributed by atoms with E-state index in [2.05, 4.69) is 25.8 Å². The molecule has 2 aromatic rings. The van der Waals surface area contributed by atoms with Crippen LogP contribution in [0.3, 0.4) is 0 Å². The summed E-state index contributed by atoms with van der Waals surface area (Å²) < 4.78 is 0.960. The number of piperazine rings is 1. The molecule has 3 rings (SSSR count). The van der Waals surface area contributed by atoms with Crippen molar-refractivity contribution in [3.63, 3.8) is 0 Å². The number of nitrogens with zero attached hydrogens (tertiary/aromatic N) is 3. The molecule has 1 aromatic heterocycles. The molecule has 126 valence electrons. The van der Waals surface area contributed by atoms with Gasteiger partial charge in [0.05, 0.1) is 0 Å². The van der Waals surface area contributed by atoms with Crippen LogP contribution in [0, 0.1) is 0 Å². The third-order valence-corrected chi connectivity index (χ3v) is 4.89. The number of benzene rings is 1. The Morgan fingerprint density at radius 2 is 1.79 bits per heavy atom. The van der Waals surface area contributed by atoms with E-state index in [-0.39, 0.29) is 5.91 Å². The maximum absolute atomic E-state index is 12.9. The van der Waals surface area contributed by atoms with Crippen LogP contribution in [0.5, 0.6) is 0 Å². The number of rotatable bonds is 3. The molecule has 1 fully saturated rings. The quantitative estimate of drug-likeness (QED) is 0.876. The van der Waals surface area contributed by atoms with E-state index in [9.17, 15) is 4.79 Å². The van der Waals surface area contributed by atoms with Crippen molar-refractivity contribution in [2.75, 3.05) is 31.1 Å². The molecule has 6 heteroatoms. The Morgan fingerprint density at radius 3 is 2.38 bits per heavy atom. The minimum atomic E-state index is -1.00. The number of pyridine rings is 1. The Hall–Kier alpha value is -1.92. The number of nitrogens with two attached hydrogens (primary N) is 1. The van der Waals surface area contributed by atoms with Crippen molar-refractivity contribution in [2.24, 2.45) is 5.73 Å². The fourth-order valence-electron chi connectivity index (χ4n) is 2.93. The fraction of sp³-hybridized carbons (Fsp3) is 0.333. The molecular formula is C18H21BrN4O. The van der Waals surface area contributed by atoms with Crippen molar-refractivity contribution in [3.05, 3.63) is 58.7 Å². The molecule has 0 spiro atoms. The van der Waals surface area contributed by atoms with Crippen molar-refractivity contribution in [3.8, 4) is 0 Å². The van der Waals surface area contributed by atoms with Gasteiger partial charge in [0.15, 0.2) is 0 Å². The Kier molecular flexibility index (Phi) is 4.87. The Balaban J connectivity index is 1.66. The lowest BCUT2D eigenvalue weighted by Crippen LogP contribution is -2.56. The molecule has 0 aliphatic carbocycles. The van der Waals surface area contributed by atoms with Crippen LogP contribution < -0.4 is 10.6 Å². The van der Waals surface area contributed by atoms with Gasteiger partial charge in [-0.3, -0.25) is 4.79 Å². The summed E-state index contributed by atoms with van der Waals surface area (Å²) >= 11 is 3.39. The molecule has 1 atom stereocenters. The zero-order valence-electron chi connectivity index (χ0n) is 13.7. The van der Waals surface area contributed by atoms with E-state index in [1.807, 2.05) is 47.4 Å². The molecule has 1 amide bonds. The average molecular weight is 389 g/mol. The number of halogens is 1. The predicted molar refractivity (Wildman–Crippen MR) is 98.7 cm³/mol. The summed E-state index contributed by atoms with van der Waals surface area (Å²) in [6.07, 6.45) is 1.79. The van der Waals surface area contributed by atoms with Gasteiger partial charge in [0.25, 0.3) is 0 Å². The van der Waals surface area contributed by atoms with Crippen molar-refractivity contribution < 1.29 is 4.79 Å². The molecule has 5 nitrogen and oxygen atoms in total. The summed E-state index contributed by atoms with van der Waals surface area (Å²) in [5.41, 5.74) is 6.19. The number of carbonyl (C=O) groups excluding carboxylic acids is 1. The monoisotopic (exact) mass is 388 g/mol. The molecular weight excluding hydrogens is 368 g/mol. The molecule has 0 radical (unpaired) electrons. The summed E-state index contributed by atoms with van der Waals surface area (Å²) in [6.45, 7) is 4.59. The zero-order chi connectivity index (χ0) is 17.2. The second-order valence-corrected chi connectivity index (χ2v) is 7.10. The number of carbonyl (C=O) groups is 1. The van der Waals surface area contributed by atoms with E-state index in [0.717, 1.165) is 28.9 Å². The highest BCUT2D eigenvalue weighted by Crippen LogP contribution is 2.22. The maximum atomic E-state index is 12.9. The van der Waals surface area contributed by atoms with Crippen LogP contribution in [0.15, 0.2) is 53.1 Å². The fourth-order valence-corrected chi connectivity index (χ4v) is 3.16. The molecule has 2 heterocycles. The Morgan fingerprint density at radius 1 is 1.12 bits per heavy atom. The van der Waals surface area contributed by atoms with Gasteiger partial charge in [0, 0.05) is 36.8 Å². The zero-order valence-corrected chi connectivity index (χ0v) is 15.2. The highest BCUT2D eigenvalue weighted by Gasteiger charge is 2.35. The second kappa shape index (κ2) is 6.91. The van der Waals surface area contributed by atoms with Crippen molar-refractivity contribution >= 4 is 27.7 Å². The van der Waals surface area contributed by atoms with Crippen LogP contribution in [0.1, 0.15) is 12.5 Å². The largest absolute Gasteiger partial charge is 0.353 e. The van der Waals surface area contributed by atoms with E-state index in [0.29, 0.717) is 13.1 Å². The minimum absolute atomic E-state index is 0.0304. The van der Waals surface area contributed by atoms with E-state index in [1.165, 1.54) is 0 Å². The number of aromatic nitrogens is 1. The number of hydrogen-bond donors (Lipinski definition) is 1. The summed E-state index contributed by atoms with van der Waals surface area (Å²) in [7, 11) is 0. The van der Waals surface area contributed by atoms with Gasteiger partial charge >= 0.3 is 0 Å². The van der Waals surface area contributed by atoms with E-state index in [1.54, 1.807) is 13.1 Å². The smallest absolute Gasteiger partial charge is 0.247 e. The SMILES string of the molecule is CC(N)(C(=O)N1CCN(c2ccc(Br)cn2)CC1)c1ccccc1. The second-order valence-electron chi connectivity index (χ2n) is 6.18. The van der Waals surface area contributed by atoms with Gasteiger partial charge in [-0.05, 0) is 40.5 Å². The molecule has 0 bridgehead atoms. The lowest BCUT2D eigenvalue weighted by molar-refractivity contribution is -0.137. The van der Waals surface area contributed by atoms with Crippen molar-refractivity contribution in [1.82, 2.24) is 9.88 Å². The third kappa shape index (κ3) is 3.44. The van der Waals surface area contributed by atoms with Crippen LogP contribution in [0.2, 0.25) is 0 Å². The predicted octanol–water partition coefficient (Wildman–Crippen LogP) is 2.37. The van der Waals surface area contributed by atoms with Crippen molar-refractivity contribution in [2.45, 2.75) is 12.5 Å². The lowest BCUT2D eigenvalue weighted by atomic mass is 9.91. The first-order valence-corrected chi connectivity index (χ1v) is 8.78. The van der Waals surface area contributed by atoms with E-state index >= 15 is 0 Å². The summed E-state index contributed by atoms with van der Waals surface area (Å²) in [5, 5.41) is 0. The van der Waals surface area contributed by atoms with E-state index in [4.69, 9.17) is 5.73 Å². The number of amides is 1. The van der Waals surface area contributed by atoms with Gasteiger partial charge in [0.1, 0.15) is 11.4 Å². The molecule has 1 aliphatic rings. The first kappa shape index (κ1) is 16.9. The van der Waals surface area contributed by atoms with Crippen LogP contribution in [-0.4, -0.2) is 42.0 Å². The third-order valence-electron chi connectivity index (χ3n) is 4.42. The highest BCUT2D eigenvalue weighted by atomic mass is 79.9. The summed E-state index contributed by atoms with van der Waals surface area (Å²) in [6, 6.07) is 13.5. The lowest BCUT2D eigenvalue weighted by Gasteiger charge is -2.39. The molecule has 1 unspecified atom stereocenters. The summed E-state index contributed by atoms with van der Waals surface area (Å²) in [5.74, 6) is 0.904. The van der Waals surface area contributed by atoms with Crippen LogP contribution in [0.4, 0.5) is 5.82 Å². The molecule has 24 heavy (non-hydrogen) atoms. The topological polar surface area (TPSA) is 62.5 Å². The number of hydrogen-bond acceptors (Lipinski definition) is 4. The van der Waals surface area contributed by atoms with Crippen LogP contribution >= 0.6 is 15.9 Å². The van der Waals surface area contributed by atoms with Crippen LogP contribution in [-0.2, 0) is 10.3 Å². The molecule has 1 aliphatic heterocycles. The number of anilines is 1. The average Bonchev–Trinajstić information content (AvgIpc) is 2.62. The van der Waals surface area contributed by atoms with Gasteiger partial charge < -0.3 is 15.5 Å². The Bertz CT molecular complexity index is 695. The highest BCUT2D eigenvalue weighted by molar-refractivity contribution is 9.10. The normalized spacial score (nSPS) is 17.5. The Labute approximate surface area is 150 Å². The first-order valence-electron chi connectivity index (χ1n) is 7.99. The summed E-state index contributed by atoms with van der Waals surface area (Å²) in [4.78, 5) is 21.3. The van der Waals surface area contributed by atoms with Gasteiger partial charge in [-0.15, -0.1) is 0 Å². The first-order chi connectivity index (χ1) is 11.5. The molecule has 1 aromatic carbocycles. The molecule has 0 saturated carbocycles. The minimum Gasteiger partial charge on any atom is -0.353 e. The van der Waals surface area contributed by atoms with Gasteiger partial charge in [0.2, 0.25) is 5.91 Å². The molecule has 1 saturated heterocycles. The standard InChI is InChI=1S/C18H21BrN4O/c1-18(20,14-5-3-2-4-6-14)17(24)23-11-9-22(10-12-23)16-8-7-15(19)13-21-16/h2-8,13H,9-12,20H2,1H3. The molecule has 2 N–H and O–H groups in total. The van der Waals surface area contributed by atoms with Gasteiger partial charge in [-0.2, -0.15) is 0 Å². The van der Waals surface area contributed by atoms with Crippen molar-refractivity contribution in [1.29, 1.82) is 0 Å². The van der Waals surface area contributed by atoms with Crippen LogP contribution in [0.25, 0.3) is 0 Å². The van der Waals surface area contributed by atoms with Gasteiger partial charge in [-0.1, -0.05) is 30.3 Å².